The molecule has 2 fully saturated rings. The van der Waals surface area contributed by atoms with Crippen molar-refractivity contribution in [1.29, 1.82) is 0 Å². The number of hydrogen-bond donors (Lipinski definition) is 1. The summed E-state index contributed by atoms with van der Waals surface area (Å²) in [5.41, 5.74) is 0.373. The normalized spacial score (nSPS) is 25.1. The lowest BCUT2D eigenvalue weighted by Crippen LogP contribution is -2.72. The molecule has 2 aliphatic rings. The van der Waals surface area contributed by atoms with E-state index in [1.807, 2.05) is 0 Å². The molecule has 1 N–H and O–H groups in total. The number of ether oxygens (including phenoxy) is 1. The summed E-state index contributed by atoms with van der Waals surface area (Å²) in [6.45, 7) is 1.92. The van der Waals surface area contributed by atoms with Crippen molar-refractivity contribution in [2.45, 2.75) is 48.8 Å². The van der Waals surface area contributed by atoms with Gasteiger partial charge in [0.15, 0.2) is 15.2 Å². The van der Waals surface area contributed by atoms with E-state index in [-0.39, 0.29) is 17.1 Å². The zero-order valence-corrected chi connectivity index (χ0v) is 18.3. The number of sulfone groups is 1. The molecule has 0 unspecified atom stereocenters. The van der Waals surface area contributed by atoms with Gasteiger partial charge in [0.05, 0.1) is 5.56 Å². The third-order valence-corrected chi connectivity index (χ3v) is 8.64. The van der Waals surface area contributed by atoms with Crippen LogP contribution < -0.4 is 0 Å². The number of carbonyl (C=O) groups excluding carboxylic acids is 3. The number of β-lactam (4-membered cyclic amide) rings is 1. The Morgan fingerprint density at radius 3 is 2.21 bits per heavy atom. The number of halogens is 3. The number of likely N-dealkylation sites (N-methyl/N-ethyl adjacent to an activating group) is 1. The van der Waals surface area contributed by atoms with Crippen LogP contribution in [0, 0.1) is 0 Å². The predicted molar refractivity (Wildman–Crippen MR) is 103 cm³/mol. The highest BCUT2D eigenvalue weighted by molar-refractivity contribution is 7.94. The molecule has 0 aliphatic carbocycles. The first kappa shape index (κ1) is 24.5. The number of hydrogen-bond acceptors (Lipinski definition) is 7. The van der Waals surface area contributed by atoms with Crippen LogP contribution in [0.25, 0.3) is 0 Å². The van der Waals surface area contributed by atoms with Gasteiger partial charge in [-0.05, 0) is 31.5 Å². The molecule has 2 aliphatic heterocycles. The molecule has 1 aromatic rings. The maximum atomic E-state index is 13.0. The number of carbonyl (C=O) groups is 4. The highest BCUT2D eigenvalue weighted by Gasteiger charge is 2.74. The maximum absolute atomic E-state index is 13.0. The van der Waals surface area contributed by atoms with Gasteiger partial charge in [-0.25, -0.2) is 18.0 Å². The van der Waals surface area contributed by atoms with Crippen LogP contribution in [0.5, 0.6) is 0 Å². The van der Waals surface area contributed by atoms with Crippen LogP contribution >= 0.6 is 0 Å². The first-order valence-corrected chi connectivity index (χ1v) is 11.0. The van der Waals surface area contributed by atoms with Crippen molar-refractivity contribution in [3.8, 4) is 0 Å². The van der Waals surface area contributed by atoms with Gasteiger partial charge in [0.1, 0.15) is 23.4 Å². The Hall–Kier alpha value is -3.16. The van der Waals surface area contributed by atoms with Gasteiger partial charge in [-0.2, -0.15) is 13.2 Å². The maximum Gasteiger partial charge on any atom is 0.471 e. The molecule has 0 spiro atoms. The van der Waals surface area contributed by atoms with Gasteiger partial charge in [0, 0.05) is 7.05 Å². The predicted octanol–water partition coefficient (Wildman–Crippen LogP) is 0.561. The van der Waals surface area contributed by atoms with Crippen LogP contribution in [-0.2, 0) is 35.6 Å². The largest absolute Gasteiger partial charge is 0.478 e. The molecular formula is C19H19F3N2O8S. The number of esters is 1. The lowest BCUT2D eigenvalue weighted by molar-refractivity contribution is -0.193. The summed E-state index contributed by atoms with van der Waals surface area (Å²) in [4.78, 5) is 48.5. The van der Waals surface area contributed by atoms with Gasteiger partial charge in [0.25, 0.3) is 5.91 Å². The van der Waals surface area contributed by atoms with Gasteiger partial charge >= 0.3 is 24.0 Å². The monoisotopic (exact) mass is 492 g/mol. The molecule has 0 bridgehead atoms. The zero-order valence-electron chi connectivity index (χ0n) is 17.5. The highest BCUT2D eigenvalue weighted by Crippen LogP contribution is 2.48. The molecule has 0 saturated carbocycles. The van der Waals surface area contributed by atoms with Crippen LogP contribution in [0.2, 0.25) is 0 Å². The Labute approximate surface area is 185 Å². The van der Waals surface area contributed by atoms with E-state index in [2.05, 4.69) is 0 Å². The molecule has 3 rings (SSSR count). The van der Waals surface area contributed by atoms with Crippen molar-refractivity contribution >= 4 is 33.6 Å². The third-order valence-electron chi connectivity index (χ3n) is 5.83. The number of benzene rings is 1. The summed E-state index contributed by atoms with van der Waals surface area (Å²) in [5, 5.41) is 7.07. The molecule has 0 aromatic heterocycles. The van der Waals surface area contributed by atoms with E-state index in [0.29, 0.717) is 17.5 Å². The highest BCUT2D eigenvalue weighted by atomic mass is 32.2. The molecule has 33 heavy (non-hydrogen) atoms. The summed E-state index contributed by atoms with van der Waals surface area (Å²) < 4.78 is 67.7. The number of rotatable bonds is 5. The summed E-state index contributed by atoms with van der Waals surface area (Å²) in [6, 6.07) is 1.70. The smallest absolute Gasteiger partial charge is 0.471 e. The molecule has 2 heterocycles. The molecule has 0 radical (unpaired) electrons. The molecule has 180 valence electrons. The molecule has 10 nitrogen and oxygen atoms in total. The van der Waals surface area contributed by atoms with Crippen LogP contribution in [0.1, 0.15) is 29.8 Å². The summed E-state index contributed by atoms with van der Waals surface area (Å²) in [6.07, 6.45) is -5.32. The van der Waals surface area contributed by atoms with Crippen molar-refractivity contribution in [3.05, 3.63) is 35.4 Å². The van der Waals surface area contributed by atoms with Gasteiger partial charge in [-0.3, -0.25) is 9.59 Å². The number of alkyl halides is 3. The number of carboxylic acid groups (broad SMARTS) is 1. The van der Waals surface area contributed by atoms with Crippen molar-refractivity contribution in [2.24, 2.45) is 0 Å². The number of amides is 2. The van der Waals surface area contributed by atoms with Gasteiger partial charge in [-0.15, -0.1) is 0 Å². The van der Waals surface area contributed by atoms with E-state index in [0.717, 1.165) is 13.8 Å². The van der Waals surface area contributed by atoms with E-state index >= 15 is 0 Å². The number of fused-ring (bicyclic) bond motifs is 1. The molecule has 3 atom stereocenters. The van der Waals surface area contributed by atoms with Crippen LogP contribution in [0.3, 0.4) is 0 Å². The number of aromatic carboxylic acids is 1. The minimum Gasteiger partial charge on any atom is -0.478 e. The molecule has 1 aromatic carbocycles. The van der Waals surface area contributed by atoms with Crippen LogP contribution in [0.4, 0.5) is 13.2 Å². The average molecular weight is 492 g/mol. The van der Waals surface area contributed by atoms with E-state index in [9.17, 15) is 40.8 Å². The Bertz CT molecular complexity index is 1130. The standard InChI is InChI=1S/C19H19F3N2O8S/c1-18(2)12(16(28)32-8-9-4-6-10(7-5-9)15(26)27)24-13(25)11(14(24)33(18,30)31)23(3)17(29)19(20,21)22/h4-7,11-12,14H,8H2,1-3H3,(H,26,27)/t11-,12-,14+/m0/s1. The lowest BCUT2D eigenvalue weighted by Gasteiger charge is -2.46. The van der Waals surface area contributed by atoms with Gasteiger partial charge < -0.3 is 19.6 Å². The lowest BCUT2D eigenvalue weighted by atomic mass is 9.95. The Morgan fingerprint density at radius 2 is 1.73 bits per heavy atom. The van der Waals surface area contributed by atoms with E-state index in [1.165, 1.54) is 24.3 Å². The minimum absolute atomic E-state index is 0.00863. The minimum atomic E-state index is -5.32. The van der Waals surface area contributed by atoms with Crippen molar-refractivity contribution < 1.29 is 50.6 Å². The fourth-order valence-electron chi connectivity index (χ4n) is 3.92. The average Bonchev–Trinajstić information content (AvgIpc) is 2.85. The first-order chi connectivity index (χ1) is 15.0. The van der Waals surface area contributed by atoms with Crippen molar-refractivity contribution in [1.82, 2.24) is 9.80 Å². The van der Waals surface area contributed by atoms with E-state index < -0.39 is 62.0 Å². The zero-order chi connectivity index (χ0) is 25.1. The quantitative estimate of drug-likeness (QED) is 0.465. The SMILES string of the molecule is CN(C(=O)C(F)(F)F)[C@H]1C(=O)N2[C@@H](C(=O)OCc3ccc(C(=O)O)cc3)C(C)(C)S(=O)(=O)[C@H]12. The number of carboxylic acids is 1. The number of nitrogens with zero attached hydrogens (tertiary/aromatic N) is 2. The molecular weight excluding hydrogens is 473 g/mol. The second-order valence-corrected chi connectivity index (χ2v) is 10.8. The second-order valence-electron chi connectivity index (χ2n) is 8.16. The Kier molecular flexibility index (Phi) is 5.72. The fraction of sp³-hybridized carbons (Fsp3) is 0.474. The summed E-state index contributed by atoms with van der Waals surface area (Å²) in [5.74, 6) is -5.78. The Morgan fingerprint density at radius 1 is 1.18 bits per heavy atom. The van der Waals surface area contributed by atoms with Crippen molar-refractivity contribution in [2.75, 3.05) is 7.05 Å². The first-order valence-electron chi connectivity index (χ1n) is 9.42. The summed E-state index contributed by atoms with van der Waals surface area (Å²) >= 11 is 0. The third kappa shape index (κ3) is 3.71. The Balaban J connectivity index is 1.83. The van der Waals surface area contributed by atoms with Gasteiger partial charge in [-0.1, -0.05) is 12.1 Å². The second kappa shape index (κ2) is 7.71. The van der Waals surface area contributed by atoms with E-state index in [1.54, 1.807) is 0 Å². The molecule has 2 amide bonds. The van der Waals surface area contributed by atoms with Crippen molar-refractivity contribution in [3.63, 3.8) is 0 Å². The van der Waals surface area contributed by atoms with Crippen LogP contribution in [-0.4, -0.2) is 82.5 Å². The van der Waals surface area contributed by atoms with E-state index in [4.69, 9.17) is 9.84 Å². The topological polar surface area (TPSA) is 138 Å². The molecule has 14 heteroatoms. The molecule has 2 saturated heterocycles. The fourth-order valence-corrected chi connectivity index (χ4v) is 6.23. The van der Waals surface area contributed by atoms with Gasteiger partial charge in [0.2, 0.25) is 0 Å². The summed E-state index contributed by atoms with van der Waals surface area (Å²) in [7, 11) is -3.71. The van der Waals surface area contributed by atoms with Crippen LogP contribution in [0.15, 0.2) is 24.3 Å².